The third kappa shape index (κ3) is 6.51. The Hall–Kier alpha value is -2.69. The van der Waals surface area contributed by atoms with Crippen LogP contribution in [-0.2, 0) is 6.42 Å². The molecule has 1 aromatic carbocycles. The molecular weight excluding hydrogens is 339 g/mol. The van der Waals surface area contributed by atoms with Gasteiger partial charge in [-0.05, 0) is 67.0 Å². The zero-order valence-electron chi connectivity index (χ0n) is 15.9. The van der Waals surface area contributed by atoms with E-state index in [1.807, 2.05) is 18.3 Å². The number of rotatable bonds is 11. The summed E-state index contributed by atoms with van der Waals surface area (Å²) < 4.78 is 14.4. The van der Waals surface area contributed by atoms with E-state index in [1.54, 1.807) is 30.8 Å². The molecule has 2 rings (SSSR count). The van der Waals surface area contributed by atoms with Gasteiger partial charge in [-0.25, -0.2) is 4.39 Å². The van der Waals surface area contributed by atoms with Crippen LogP contribution in [0.25, 0.3) is 0 Å². The summed E-state index contributed by atoms with van der Waals surface area (Å²) in [5.74, 6) is 0.332. The van der Waals surface area contributed by atoms with E-state index in [-0.39, 0.29) is 17.7 Å². The van der Waals surface area contributed by atoms with Crippen LogP contribution in [0.4, 0.5) is 4.39 Å². The van der Waals surface area contributed by atoms with Gasteiger partial charge in [0, 0.05) is 24.8 Å². The van der Waals surface area contributed by atoms with Gasteiger partial charge in [0.2, 0.25) is 0 Å². The fraction of sp³-hybridized carbons (Fsp3) is 0.364. The second kappa shape index (κ2) is 11.1. The second-order valence-electron chi connectivity index (χ2n) is 6.48. The van der Waals surface area contributed by atoms with Gasteiger partial charge in [0.05, 0.1) is 13.1 Å². The summed E-state index contributed by atoms with van der Waals surface area (Å²) in [4.78, 5) is 16.1. The molecule has 0 aromatic heterocycles. The van der Waals surface area contributed by atoms with Gasteiger partial charge >= 0.3 is 0 Å². The van der Waals surface area contributed by atoms with E-state index in [4.69, 9.17) is 0 Å². The van der Waals surface area contributed by atoms with E-state index < -0.39 is 0 Å². The minimum atomic E-state index is -0.104. The lowest BCUT2D eigenvalue weighted by molar-refractivity contribution is 0.606. The van der Waals surface area contributed by atoms with Gasteiger partial charge in [0.15, 0.2) is 0 Å². The van der Waals surface area contributed by atoms with Gasteiger partial charge < -0.3 is 0 Å². The summed E-state index contributed by atoms with van der Waals surface area (Å²) in [5.41, 5.74) is 2.84. The van der Waals surface area contributed by atoms with Crippen LogP contribution in [0.2, 0.25) is 0 Å². The molecule has 27 heavy (non-hydrogen) atoms. The molecule has 0 aliphatic heterocycles. The average Bonchev–Trinajstić information content (AvgIpc) is 3.44. The van der Waals surface area contributed by atoms with E-state index in [0.29, 0.717) is 13.1 Å². The van der Waals surface area contributed by atoms with Crippen molar-refractivity contribution in [1.82, 2.24) is 0 Å². The number of benzene rings is 1. The molecule has 2 unspecified atom stereocenters. The Bertz CT molecular complexity index is 762. The molecule has 1 aliphatic rings. The normalized spacial score (nSPS) is 20.0. The Morgan fingerprint density at radius 3 is 2.74 bits per heavy atom. The standard InChI is InChI=1S/C22H27FN4/c1-4-6-17-7-8-19(22(23)13-17)21-14-20(21)18(15-25-3)16-27-12-11-26-10-5-9-24-2/h5,7-10,13,15-16,20-21H,2-4,6,11-12,14H2,1H3/b9-5-,18-15+,26-10-,27-16-. The summed E-state index contributed by atoms with van der Waals surface area (Å²) in [7, 11) is 0. The van der Waals surface area contributed by atoms with Crippen LogP contribution in [0.5, 0.6) is 0 Å². The molecule has 1 fully saturated rings. The van der Waals surface area contributed by atoms with Gasteiger partial charge in [0.1, 0.15) is 5.82 Å². The average molecular weight is 366 g/mol. The van der Waals surface area contributed by atoms with Crippen LogP contribution in [0.1, 0.15) is 36.8 Å². The summed E-state index contributed by atoms with van der Waals surface area (Å²) in [6, 6.07) is 5.64. The lowest BCUT2D eigenvalue weighted by atomic mass is 10.0. The Balaban J connectivity index is 1.93. The molecule has 0 spiro atoms. The van der Waals surface area contributed by atoms with E-state index in [0.717, 1.165) is 36.0 Å². The topological polar surface area (TPSA) is 49.4 Å². The van der Waals surface area contributed by atoms with Gasteiger partial charge in [-0.1, -0.05) is 25.5 Å². The van der Waals surface area contributed by atoms with Crippen molar-refractivity contribution in [3.63, 3.8) is 0 Å². The van der Waals surface area contributed by atoms with Crippen molar-refractivity contribution in [2.75, 3.05) is 13.1 Å². The molecule has 1 saturated carbocycles. The van der Waals surface area contributed by atoms with Crippen LogP contribution < -0.4 is 0 Å². The highest BCUT2D eigenvalue weighted by molar-refractivity contribution is 5.80. The fourth-order valence-electron chi connectivity index (χ4n) is 3.07. The van der Waals surface area contributed by atoms with Gasteiger partial charge in [-0.3, -0.25) is 20.0 Å². The van der Waals surface area contributed by atoms with Crippen LogP contribution in [-0.4, -0.2) is 39.0 Å². The SMILES string of the molecule is C=N/C=C\C=N/CC/N=C\C(=C/N=C)C1CC1c1ccc(CCC)cc1F. The van der Waals surface area contributed by atoms with Crippen molar-refractivity contribution >= 4 is 25.9 Å². The number of aliphatic imine (C=N–C) groups is 4. The first-order valence-electron chi connectivity index (χ1n) is 9.26. The Kier molecular flexibility index (Phi) is 8.49. The number of hydrogen-bond donors (Lipinski definition) is 0. The first-order chi connectivity index (χ1) is 13.2. The van der Waals surface area contributed by atoms with Gasteiger partial charge in [0.25, 0.3) is 0 Å². The molecule has 0 heterocycles. The zero-order chi connectivity index (χ0) is 19.5. The second-order valence-corrected chi connectivity index (χ2v) is 6.48. The Morgan fingerprint density at radius 2 is 2.04 bits per heavy atom. The summed E-state index contributed by atoms with van der Waals surface area (Å²) in [6.07, 6.45) is 11.3. The van der Waals surface area contributed by atoms with Crippen LogP contribution in [0.3, 0.4) is 0 Å². The quantitative estimate of drug-likeness (QED) is 0.398. The van der Waals surface area contributed by atoms with Crippen molar-refractivity contribution in [2.24, 2.45) is 25.9 Å². The Morgan fingerprint density at radius 1 is 1.22 bits per heavy atom. The molecule has 0 amide bonds. The van der Waals surface area contributed by atoms with Gasteiger partial charge in [-0.2, -0.15) is 0 Å². The molecule has 1 aromatic rings. The van der Waals surface area contributed by atoms with Crippen molar-refractivity contribution in [2.45, 2.75) is 32.1 Å². The first-order valence-corrected chi connectivity index (χ1v) is 9.26. The summed E-state index contributed by atoms with van der Waals surface area (Å²) in [6.45, 7) is 10.2. The van der Waals surface area contributed by atoms with Crippen molar-refractivity contribution < 1.29 is 4.39 Å². The summed E-state index contributed by atoms with van der Waals surface area (Å²) in [5, 5.41) is 0. The zero-order valence-corrected chi connectivity index (χ0v) is 15.9. The molecule has 5 heteroatoms. The van der Waals surface area contributed by atoms with E-state index in [2.05, 4.69) is 40.3 Å². The predicted molar refractivity (Wildman–Crippen MR) is 114 cm³/mol. The molecule has 2 atom stereocenters. The molecule has 142 valence electrons. The maximum atomic E-state index is 14.4. The van der Waals surface area contributed by atoms with E-state index >= 15 is 0 Å². The minimum absolute atomic E-state index is 0.104. The third-order valence-electron chi connectivity index (χ3n) is 4.44. The van der Waals surface area contributed by atoms with Crippen molar-refractivity contribution in [3.05, 3.63) is 59.2 Å². The number of aryl methyl sites for hydroxylation is 1. The molecule has 4 nitrogen and oxygen atoms in total. The largest absolute Gasteiger partial charge is 0.291 e. The summed E-state index contributed by atoms with van der Waals surface area (Å²) >= 11 is 0. The van der Waals surface area contributed by atoms with E-state index in [1.165, 1.54) is 0 Å². The lowest BCUT2D eigenvalue weighted by Gasteiger charge is -2.06. The molecule has 0 saturated heterocycles. The lowest BCUT2D eigenvalue weighted by Crippen LogP contribution is -1.96. The highest BCUT2D eigenvalue weighted by Gasteiger charge is 2.41. The van der Waals surface area contributed by atoms with Crippen molar-refractivity contribution in [1.29, 1.82) is 0 Å². The van der Waals surface area contributed by atoms with Crippen LogP contribution in [0.15, 0.2) is 62.2 Å². The van der Waals surface area contributed by atoms with Crippen molar-refractivity contribution in [3.8, 4) is 0 Å². The number of allylic oxidation sites excluding steroid dienone is 2. The smallest absolute Gasteiger partial charge is 0.126 e. The van der Waals surface area contributed by atoms with Crippen LogP contribution in [0, 0.1) is 11.7 Å². The predicted octanol–water partition coefficient (Wildman–Crippen LogP) is 4.82. The molecule has 1 aliphatic carbocycles. The third-order valence-corrected chi connectivity index (χ3v) is 4.44. The fourth-order valence-corrected chi connectivity index (χ4v) is 3.07. The molecule has 0 N–H and O–H groups in total. The molecular formula is C22H27FN4. The Labute approximate surface area is 161 Å². The maximum Gasteiger partial charge on any atom is 0.126 e. The van der Waals surface area contributed by atoms with Gasteiger partial charge in [-0.15, -0.1) is 0 Å². The monoisotopic (exact) mass is 366 g/mol. The molecule has 0 radical (unpaired) electrons. The number of nitrogens with zero attached hydrogens (tertiary/aromatic N) is 4. The number of hydrogen-bond acceptors (Lipinski definition) is 4. The molecule has 0 bridgehead atoms. The highest BCUT2D eigenvalue weighted by atomic mass is 19.1. The minimum Gasteiger partial charge on any atom is -0.291 e. The van der Waals surface area contributed by atoms with E-state index in [9.17, 15) is 4.39 Å². The van der Waals surface area contributed by atoms with Crippen LogP contribution >= 0.6 is 0 Å². The highest BCUT2D eigenvalue weighted by Crippen LogP contribution is 2.52. The number of halogens is 1. The maximum absolute atomic E-state index is 14.4. The first kappa shape index (κ1) is 20.6.